The maximum absolute atomic E-state index is 9.56. The van der Waals surface area contributed by atoms with Crippen molar-refractivity contribution in [1.29, 1.82) is 0 Å². The van der Waals surface area contributed by atoms with E-state index in [4.69, 9.17) is 11.6 Å². The van der Waals surface area contributed by atoms with Crippen molar-refractivity contribution >= 4 is 17.3 Å². The van der Waals surface area contributed by atoms with Crippen molar-refractivity contribution in [2.24, 2.45) is 0 Å². The Kier molecular flexibility index (Phi) is 3.95. The molecule has 1 saturated carbocycles. The summed E-state index contributed by atoms with van der Waals surface area (Å²) in [6, 6.07) is 6.69. The second-order valence-electron chi connectivity index (χ2n) is 4.81. The van der Waals surface area contributed by atoms with Gasteiger partial charge in [-0.15, -0.1) is 0 Å². The number of anilines is 1. The zero-order valence-electron chi connectivity index (χ0n) is 10.5. The van der Waals surface area contributed by atoms with Gasteiger partial charge in [0.25, 0.3) is 0 Å². The molecule has 1 aliphatic carbocycles. The van der Waals surface area contributed by atoms with Crippen LogP contribution in [0.1, 0.15) is 44.8 Å². The lowest BCUT2D eigenvalue weighted by Crippen LogP contribution is -2.26. The number of hydrogen-bond donors (Lipinski definition) is 1. The van der Waals surface area contributed by atoms with Gasteiger partial charge >= 0.3 is 0 Å². The first-order valence-electron chi connectivity index (χ1n) is 6.37. The van der Waals surface area contributed by atoms with Crippen LogP contribution in [0.4, 0.5) is 5.69 Å². The van der Waals surface area contributed by atoms with Crippen LogP contribution in [0.2, 0.25) is 5.02 Å². The third kappa shape index (κ3) is 2.93. The molecular weight excluding hydrogens is 234 g/mol. The molecule has 1 aliphatic rings. The molecule has 1 fully saturated rings. The van der Waals surface area contributed by atoms with Gasteiger partial charge in [0.05, 0.1) is 6.10 Å². The summed E-state index contributed by atoms with van der Waals surface area (Å²) in [7, 11) is 0. The van der Waals surface area contributed by atoms with E-state index >= 15 is 0 Å². The number of aliphatic hydroxyl groups excluding tert-OH is 1. The molecule has 94 valence electrons. The lowest BCUT2D eigenvalue weighted by atomic mass is 10.1. The highest BCUT2D eigenvalue weighted by atomic mass is 35.5. The van der Waals surface area contributed by atoms with Gasteiger partial charge in [-0.05, 0) is 43.9 Å². The maximum atomic E-state index is 9.56. The van der Waals surface area contributed by atoms with Crippen molar-refractivity contribution in [3.63, 3.8) is 0 Å². The number of hydrogen-bond acceptors (Lipinski definition) is 2. The number of aliphatic hydroxyl groups is 1. The van der Waals surface area contributed by atoms with E-state index in [0.717, 1.165) is 18.5 Å². The molecule has 1 atom stereocenters. The summed E-state index contributed by atoms with van der Waals surface area (Å²) < 4.78 is 0. The lowest BCUT2D eigenvalue weighted by Gasteiger charge is -2.25. The predicted molar refractivity (Wildman–Crippen MR) is 72.7 cm³/mol. The Balaban J connectivity index is 2.22. The number of rotatable bonds is 5. The molecule has 3 heteroatoms. The smallest absolute Gasteiger partial charge is 0.0776 e. The van der Waals surface area contributed by atoms with Gasteiger partial charge in [-0.2, -0.15) is 0 Å². The Labute approximate surface area is 108 Å². The van der Waals surface area contributed by atoms with Crippen LogP contribution in [-0.4, -0.2) is 17.7 Å². The summed E-state index contributed by atoms with van der Waals surface area (Å²) in [5, 5.41) is 10.2. The fraction of sp³-hybridized carbons (Fsp3) is 0.571. The highest BCUT2D eigenvalue weighted by molar-refractivity contribution is 6.31. The average Bonchev–Trinajstić information content (AvgIpc) is 3.09. The molecule has 1 aromatic carbocycles. The standard InChI is InChI=1S/C14H20ClNO/c1-3-8-16(11-4-5-11)12-6-7-13(10(2)17)14(15)9-12/h6-7,9-11,17H,3-5,8H2,1-2H3. The molecule has 0 amide bonds. The summed E-state index contributed by atoms with van der Waals surface area (Å²) in [5.41, 5.74) is 1.99. The first kappa shape index (κ1) is 12.7. The van der Waals surface area contributed by atoms with Crippen molar-refractivity contribution < 1.29 is 5.11 Å². The maximum Gasteiger partial charge on any atom is 0.0776 e. The molecular formula is C14H20ClNO. The van der Waals surface area contributed by atoms with Crippen LogP contribution in [0.3, 0.4) is 0 Å². The van der Waals surface area contributed by atoms with E-state index < -0.39 is 6.10 Å². The van der Waals surface area contributed by atoms with E-state index in [1.807, 2.05) is 12.1 Å². The van der Waals surface area contributed by atoms with E-state index in [9.17, 15) is 5.11 Å². The Hall–Kier alpha value is -0.730. The van der Waals surface area contributed by atoms with Gasteiger partial charge in [0.15, 0.2) is 0 Å². The summed E-state index contributed by atoms with van der Waals surface area (Å²) >= 11 is 6.21. The summed E-state index contributed by atoms with van der Waals surface area (Å²) in [6.45, 7) is 5.02. The first-order chi connectivity index (χ1) is 8.13. The molecule has 0 aliphatic heterocycles. The molecule has 0 saturated heterocycles. The summed E-state index contributed by atoms with van der Waals surface area (Å²) in [5.74, 6) is 0. The highest BCUT2D eigenvalue weighted by Gasteiger charge is 2.28. The van der Waals surface area contributed by atoms with Gasteiger partial charge < -0.3 is 10.0 Å². The molecule has 0 heterocycles. The molecule has 1 unspecified atom stereocenters. The quantitative estimate of drug-likeness (QED) is 0.864. The zero-order chi connectivity index (χ0) is 12.4. The van der Waals surface area contributed by atoms with E-state index in [1.54, 1.807) is 6.92 Å². The van der Waals surface area contributed by atoms with Crippen LogP contribution in [0.25, 0.3) is 0 Å². The second kappa shape index (κ2) is 5.28. The minimum atomic E-state index is -0.503. The number of halogens is 1. The van der Waals surface area contributed by atoms with Gasteiger partial charge in [-0.3, -0.25) is 0 Å². The molecule has 0 bridgehead atoms. The van der Waals surface area contributed by atoms with Crippen molar-refractivity contribution in [2.45, 2.75) is 45.3 Å². The van der Waals surface area contributed by atoms with Gasteiger partial charge in [0, 0.05) is 23.3 Å². The number of nitrogens with zero attached hydrogens (tertiary/aromatic N) is 1. The Morgan fingerprint density at radius 2 is 2.18 bits per heavy atom. The fourth-order valence-electron chi connectivity index (χ4n) is 2.18. The largest absolute Gasteiger partial charge is 0.389 e. The topological polar surface area (TPSA) is 23.5 Å². The van der Waals surface area contributed by atoms with Crippen molar-refractivity contribution in [3.8, 4) is 0 Å². The molecule has 0 spiro atoms. The average molecular weight is 254 g/mol. The predicted octanol–water partition coefficient (Wildman–Crippen LogP) is 3.77. The Bertz CT molecular complexity index is 388. The Morgan fingerprint density at radius 1 is 1.47 bits per heavy atom. The monoisotopic (exact) mass is 253 g/mol. The third-order valence-electron chi connectivity index (χ3n) is 3.22. The molecule has 0 aromatic heterocycles. The fourth-order valence-corrected chi connectivity index (χ4v) is 2.52. The van der Waals surface area contributed by atoms with Crippen molar-refractivity contribution in [1.82, 2.24) is 0 Å². The van der Waals surface area contributed by atoms with Crippen LogP contribution in [0, 0.1) is 0 Å². The molecule has 1 N–H and O–H groups in total. The molecule has 0 radical (unpaired) electrons. The van der Waals surface area contributed by atoms with Crippen molar-refractivity contribution in [3.05, 3.63) is 28.8 Å². The van der Waals surface area contributed by atoms with E-state index in [1.165, 1.54) is 18.5 Å². The first-order valence-corrected chi connectivity index (χ1v) is 6.75. The van der Waals surface area contributed by atoms with Gasteiger partial charge in [-0.1, -0.05) is 24.6 Å². The lowest BCUT2D eigenvalue weighted by molar-refractivity contribution is 0.199. The SMILES string of the molecule is CCCN(c1ccc(C(C)O)c(Cl)c1)C1CC1. The molecule has 1 aromatic rings. The van der Waals surface area contributed by atoms with Crippen molar-refractivity contribution in [2.75, 3.05) is 11.4 Å². The van der Waals surface area contributed by atoms with Gasteiger partial charge in [-0.25, -0.2) is 0 Å². The third-order valence-corrected chi connectivity index (χ3v) is 3.55. The zero-order valence-corrected chi connectivity index (χ0v) is 11.2. The highest BCUT2D eigenvalue weighted by Crippen LogP contribution is 2.34. The molecule has 17 heavy (non-hydrogen) atoms. The van der Waals surface area contributed by atoms with E-state index in [0.29, 0.717) is 11.1 Å². The molecule has 2 nitrogen and oxygen atoms in total. The summed E-state index contributed by atoms with van der Waals surface area (Å²) in [6.07, 6.45) is 3.22. The minimum Gasteiger partial charge on any atom is -0.389 e. The van der Waals surface area contributed by atoms with Gasteiger partial charge in [0.1, 0.15) is 0 Å². The Morgan fingerprint density at radius 3 is 2.65 bits per heavy atom. The van der Waals surface area contributed by atoms with Crippen LogP contribution in [0.15, 0.2) is 18.2 Å². The molecule has 2 rings (SSSR count). The van der Waals surface area contributed by atoms with E-state index in [2.05, 4.69) is 17.9 Å². The van der Waals surface area contributed by atoms with Crippen LogP contribution in [0.5, 0.6) is 0 Å². The van der Waals surface area contributed by atoms with E-state index in [-0.39, 0.29) is 0 Å². The minimum absolute atomic E-state index is 0.503. The number of benzene rings is 1. The van der Waals surface area contributed by atoms with Crippen LogP contribution < -0.4 is 4.90 Å². The normalized spacial score (nSPS) is 16.9. The van der Waals surface area contributed by atoms with Crippen LogP contribution in [-0.2, 0) is 0 Å². The van der Waals surface area contributed by atoms with Crippen LogP contribution >= 0.6 is 11.6 Å². The summed E-state index contributed by atoms with van der Waals surface area (Å²) in [4.78, 5) is 2.43. The second-order valence-corrected chi connectivity index (χ2v) is 5.21. The van der Waals surface area contributed by atoms with Gasteiger partial charge in [0.2, 0.25) is 0 Å².